The van der Waals surface area contributed by atoms with Gasteiger partial charge in [0.05, 0.1) is 27.4 Å². The summed E-state index contributed by atoms with van der Waals surface area (Å²) in [7, 11) is 4.70. The first-order valence-corrected chi connectivity index (χ1v) is 8.40. The maximum Gasteiger partial charge on any atom is 0.248 e. The van der Waals surface area contributed by atoms with Crippen LogP contribution in [0, 0.1) is 0 Å². The summed E-state index contributed by atoms with van der Waals surface area (Å²) in [4.78, 5) is 25.5. The zero-order valence-corrected chi connectivity index (χ0v) is 15.7. The van der Waals surface area contributed by atoms with Gasteiger partial charge in [-0.15, -0.1) is 0 Å². The first kappa shape index (κ1) is 20.3. The number of carbonyl (C=O) groups excluding carboxylic acids is 2. The van der Waals surface area contributed by atoms with E-state index in [1.165, 1.54) is 4.90 Å². The fraction of sp³-hybridized carbons (Fsp3) is 0.300. The van der Waals surface area contributed by atoms with Gasteiger partial charge < -0.3 is 24.4 Å². The van der Waals surface area contributed by atoms with Crippen LogP contribution in [0.25, 0.3) is 0 Å². The monoisotopic (exact) mass is 372 g/mol. The van der Waals surface area contributed by atoms with Crippen LogP contribution >= 0.6 is 0 Å². The zero-order valence-electron chi connectivity index (χ0n) is 15.7. The summed E-state index contributed by atoms with van der Waals surface area (Å²) in [6.07, 6.45) is 0. The highest BCUT2D eigenvalue weighted by atomic mass is 16.5. The summed E-state index contributed by atoms with van der Waals surface area (Å²) < 4.78 is 15.7. The smallest absolute Gasteiger partial charge is 0.248 e. The van der Waals surface area contributed by atoms with E-state index in [-0.39, 0.29) is 31.6 Å². The predicted octanol–water partition coefficient (Wildman–Crippen LogP) is 2.32. The van der Waals surface area contributed by atoms with Gasteiger partial charge in [0.1, 0.15) is 18.1 Å². The van der Waals surface area contributed by atoms with E-state index in [9.17, 15) is 9.59 Å². The molecular weight excluding hydrogens is 348 g/mol. The summed E-state index contributed by atoms with van der Waals surface area (Å²) in [5.74, 6) is 0.794. The molecule has 0 aliphatic heterocycles. The third kappa shape index (κ3) is 6.63. The first-order chi connectivity index (χ1) is 13.0. The molecule has 0 saturated heterocycles. The zero-order chi connectivity index (χ0) is 19.6. The Hall–Kier alpha value is -3.06. The van der Waals surface area contributed by atoms with Crippen LogP contribution in [0.5, 0.6) is 11.5 Å². The molecule has 0 heterocycles. The maximum absolute atomic E-state index is 12.1. The van der Waals surface area contributed by atoms with Crippen molar-refractivity contribution in [1.29, 1.82) is 0 Å². The number of likely N-dealkylation sites (N-methyl/N-ethyl adjacent to an activating group) is 1. The van der Waals surface area contributed by atoms with E-state index in [1.807, 2.05) is 24.3 Å². The normalized spacial score (nSPS) is 10.2. The molecule has 2 aromatic rings. The molecule has 27 heavy (non-hydrogen) atoms. The van der Waals surface area contributed by atoms with Gasteiger partial charge in [0.15, 0.2) is 0 Å². The Bertz CT molecular complexity index is 778. The quantitative estimate of drug-likeness (QED) is 0.731. The second-order valence-corrected chi connectivity index (χ2v) is 5.87. The summed E-state index contributed by atoms with van der Waals surface area (Å²) in [5, 5.41) is 2.73. The highest BCUT2D eigenvalue weighted by Gasteiger charge is 2.13. The lowest BCUT2D eigenvalue weighted by Crippen LogP contribution is -2.37. The highest BCUT2D eigenvalue weighted by molar-refractivity contribution is 5.94. The predicted molar refractivity (Wildman–Crippen MR) is 102 cm³/mol. The molecular formula is C20H24N2O5. The number of nitrogens with zero attached hydrogens (tertiary/aromatic N) is 1. The van der Waals surface area contributed by atoms with Gasteiger partial charge >= 0.3 is 0 Å². The van der Waals surface area contributed by atoms with Gasteiger partial charge in [-0.1, -0.05) is 18.2 Å². The number of anilines is 1. The standard InChI is InChI=1S/C20H24N2O5/c1-22(12-19(23)21-16-7-5-9-18(11-16)26-3)20(24)14-27-13-15-6-4-8-17(10-15)25-2/h4-11H,12-14H2,1-3H3,(H,21,23). The third-order valence-electron chi connectivity index (χ3n) is 3.79. The largest absolute Gasteiger partial charge is 0.497 e. The van der Waals surface area contributed by atoms with E-state index in [2.05, 4.69) is 5.32 Å². The number of hydrogen-bond donors (Lipinski definition) is 1. The number of methoxy groups -OCH3 is 2. The Balaban J connectivity index is 1.76. The molecule has 144 valence electrons. The van der Waals surface area contributed by atoms with E-state index in [4.69, 9.17) is 14.2 Å². The molecule has 2 rings (SSSR count). The van der Waals surface area contributed by atoms with Crippen LogP contribution in [-0.4, -0.2) is 51.1 Å². The molecule has 0 aliphatic rings. The van der Waals surface area contributed by atoms with Crippen molar-refractivity contribution in [2.45, 2.75) is 6.61 Å². The molecule has 0 fully saturated rings. The van der Waals surface area contributed by atoms with Crippen molar-refractivity contribution in [3.63, 3.8) is 0 Å². The minimum Gasteiger partial charge on any atom is -0.497 e. The average Bonchev–Trinajstić information content (AvgIpc) is 2.68. The maximum atomic E-state index is 12.1. The van der Waals surface area contributed by atoms with Crippen LogP contribution in [0.3, 0.4) is 0 Å². The van der Waals surface area contributed by atoms with Crippen molar-refractivity contribution >= 4 is 17.5 Å². The third-order valence-corrected chi connectivity index (χ3v) is 3.79. The van der Waals surface area contributed by atoms with E-state index >= 15 is 0 Å². The van der Waals surface area contributed by atoms with Crippen LogP contribution in [0.1, 0.15) is 5.56 Å². The van der Waals surface area contributed by atoms with E-state index in [1.54, 1.807) is 45.5 Å². The molecule has 7 nitrogen and oxygen atoms in total. The van der Waals surface area contributed by atoms with Gasteiger partial charge in [-0.2, -0.15) is 0 Å². The highest BCUT2D eigenvalue weighted by Crippen LogP contribution is 2.16. The number of amides is 2. The van der Waals surface area contributed by atoms with E-state index in [0.717, 1.165) is 11.3 Å². The number of benzene rings is 2. The number of rotatable bonds is 9. The Morgan fingerprint density at radius 1 is 1.00 bits per heavy atom. The molecule has 0 aliphatic carbocycles. The van der Waals surface area contributed by atoms with Crippen molar-refractivity contribution in [3.8, 4) is 11.5 Å². The fourth-order valence-corrected chi connectivity index (χ4v) is 2.33. The second kappa shape index (κ2) is 10.2. The Morgan fingerprint density at radius 2 is 1.67 bits per heavy atom. The first-order valence-electron chi connectivity index (χ1n) is 8.40. The van der Waals surface area contributed by atoms with Gasteiger partial charge in [-0.3, -0.25) is 9.59 Å². The van der Waals surface area contributed by atoms with Crippen LogP contribution in [0.2, 0.25) is 0 Å². The molecule has 7 heteroatoms. The fourth-order valence-electron chi connectivity index (χ4n) is 2.33. The van der Waals surface area contributed by atoms with Crippen LogP contribution in [0.15, 0.2) is 48.5 Å². The molecule has 2 amide bonds. The van der Waals surface area contributed by atoms with Crippen LogP contribution < -0.4 is 14.8 Å². The van der Waals surface area contributed by atoms with Crippen molar-refractivity contribution < 1.29 is 23.8 Å². The van der Waals surface area contributed by atoms with Crippen molar-refractivity contribution in [1.82, 2.24) is 4.90 Å². The van der Waals surface area contributed by atoms with Crippen LogP contribution in [-0.2, 0) is 20.9 Å². The minimum absolute atomic E-state index is 0.0709. The van der Waals surface area contributed by atoms with Gasteiger partial charge in [-0.25, -0.2) is 0 Å². The van der Waals surface area contributed by atoms with Gasteiger partial charge in [0, 0.05) is 18.8 Å². The topological polar surface area (TPSA) is 77.1 Å². The molecule has 1 N–H and O–H groups in total. The summed E-state index contributed by atoms with van der Waals surface area (Å²) in [6, 6.07) is 14.4. The molecule has 0 bridgehead atoms. The number of carbonyl (C=O) groups is 2. The van der Waals surface area contributed by atoms with Crippen molar-refractivity contribution in [2.75, 3.05) is 39.7 Å². The SMILES string of the molecule is COc1cccc(COCC(=O)N(C)CC(=O)Nc2cccc(OC)c2)c1. The van der Waals surface area contributed by atoms with Gasteiger partial charge in [-0.05, 0) is 29.8 Å². The van der Waals surface area contributed by atoms with Gasteiger partial charge in [0.25, 0.3) is 0 Å². The molecule has 0 radical (unpaired) electrons. The molecule has 0 unspecified atom stereocenters. The molecule has 0 aromatic heterocycles. The lowest BCUT2D eigenvalue weighted by molar-refractivity contribution is -0.137. The molecule has 2 aromatic carbocycles. The van der Waals surface area contributed by atoms with Crippen molar-refractivity contribution in [2.24, 2.45) is 0 Å². The van der Waals surface area contributed by atoms with E-state index < -0.39 is 0 Å². The summed E-state index contributed by atoms with van der Waals surface area (Å²) in [6.45, 7) is 0.103. The number of ether oxygens (including phenoxy) is 3. The van der Waals surface area contributed by atoms with Gasteiger partial charge in [0.2, 0.25) is 11.8 Å². The minimum atomic E-state index is -0.299. The number of nitrogens with one attached hydrogen (secondary N) is 1. The second-order valence-electron chi connectivity index (χ2n) is 5.87. The van der Waals surface area contributed by atoms with Crippen molar-refractivity contribution in [3.05, 3.63) is 54.1 Å². The van der Waals surface area contributed by atoms with E-state index in [0.29, 0.717) is 11.4 Å². The molecule has 0 atom stereocenters. The Labute approximate surface area is 158 Å². The summed E-state index contributed by atoms with van der Waals surface area (Å²) >= 11 is 0. The molecule has 0 spiro atoms. The van der Waals surface area contributed by atoms with Crippen LogP contribution in [0.4, 0.5) is 5.69 Å². The summed E-state index contributed by atoms with van der Waals surface area (Å²) in [5.41, 5.74) is 1.51. The Kier molecular flexibility index (Phi) is 7.63. The number of hydrogen-bond acceptors (Lipinski definition) is 5. The lowest BCUT2D eigenvalue weighted by Gasteiger charge is -2.17. The average molecular weight is 372 g/mol. The lowest BCUT2D eigenvalue weighted by atomic mass is 10.2. The Morgan fingerprint density at radius 3 is 2.37 bits per heavy atom. The molecule has 0 saturated carbocycles.